The van der Waals surface area contributed by atoms with Crippen LogP contribution in [0.3, 0.4) is 0 Å². The highest BCUT2D eigenvalue weighted by Gasteiger charge is 2.55. The van der Waals surface area contributed by atoms with Crippen LogP contribution in [0.15, 0.2) is 14.4 Å². The number of carboxylic acid groups (broad SMARTS) is 6. The molecule has 33 heavy (non-hydrogen) atoms. The predicted octanol–water partition coefficient (Wildman–Crippen LogP) is -4.18. The Kier molecular flexibility index (Phi) is 6.15. The molecule has 18 nitrogen and oxygen atoms in total. The molecule has 0 amide bonds. The number of aromatic nitrogens is 3. The van der Waals surface area contributed by atoms with E-state index in [0.29, 0.717) is 0 Å². The van der Waals surface area contributed by atoms with Gasteiger partial charge in [0.1, 0.15) is 0 Å². The number of rotatable bonds is 9. The van der Waals surface area contributed by atoms with Crippen molar-refractivity contribution >= 4 is 35.8 Å². The maximum Gasteiger partial charge on any atom is 0.341 e. The van der Waals surface area contributed by atoms with Gasteiger partial charge in [0.05, 0.1) is 0 Å². The van der Waals surface area contributed by atoms with Crippen molar-refractivity contribution in [3.8, 4) is 0 Å². The van der Waals surface area contributed by atoms with Crippen molar-refractivity contribution in [1.29, 1.82) is 0 Å². The monoisotopic (exact) mass is 477 g/mol. The summed E-state index contributed by atoms with van der Waals surface area (Å²) in [5.41, 5.74) is -18.3. The molecular weight excluding hydrogens is 462 g/mol. The first-order valence-corrected chi connectivity index (χ1v) is 8.19. The largest absolute Gasteiger partial charge is 0.479 e. The third-order valence-corrected chi connectivity index (χ3v) is 4.99. The number of carbonyl (C=O) groups is 6. The lowest BCUT2D eigenvalue weighted by atomic mass is 10.0. The average Bonchev–Trinajstić information content (AvgIpc) is 2.65. The van der Waals surface area contributed by atoms with E-state index >= 15 is 0 Å². The van der Waals surface area contributed by atoms with E-state index in [4.69, 9.17) is 0 Å². The summed E-state index contributed by atoms with van der Waals surface area (Å²) in [4.78, 5) is 109. The van der Waals surface area contributed by atoms with Crippen LogP contribution in [0.5, 0.6) is 0 Å². The van der Waals surface area contributed by atoms with Crippen LogP contribution in [-0.4, -0.2) is 80.2 Å². The average molecular weight is 477 g/mol. The van der Waals surface area contributed by atoms with Crippen LogP contribution in [0, 0.1) is 0 Å². The van der Waals surface area contributed by atoms with Crippen molar-refractivity contribution in [3.63, 3.8) is 0 Å². The molecule has 1 aromatic heterocycles. The van der Waals surface area contributed by atoms with Gasteiger partial charge in [0.15, 0.2) is 0 Å². The van der Waals surface area contributed by atoms with Crippen molar-refractivity contribution in [2.24, 2.45) is 0 Å². The fourth-order valence-electron chi connectivity index (χ4n) is 2.54. The first-order chi connectivity index (χ1) is 14.8. The lowest BCUT2D eigenvalue weighted by Gasteiger charge is -2.30. The standard InChI is InChI=1S/C15H15N3O15/c1-13(4(19)20,5(21)22)16-10(31)17(14(2,6(23)24)7(25)26)12(33)18(11(16)32)15(3,8(27)28)9(29)30/h1-3H3,(H,19,20)(H,21,22)(H,23,24)(H,25,26)(H,27,28)(H,29,30). The van der Waals surface area contributed by atoms with E-state index in [0.717, 1.165) is 0 Å². The fourth-order valence-corrected chi connectivity index (χ4v) is 2.54. The van der Waals surface area contributed by atoms with Crippen LogP contribution >= 0.6 is 0 Å². The van der Waals surface area contributed by atoms with E-state index in [1.54, 1.807) is 0 Å². The first kappa shape index (κ1) is 26.3. The Hall–Kier alpha value is -4.77. The molecule has 0 aliphatic rings. The van der Waals surface area contributed by atoms with Gasteiger partial charge in [0, 0.05) is 0 Å². The van der Waals surface area contributed by atoms with E-state index in [-0.39, 0.29) is 20.8 Å². The third kappa shape index (κ3) is 3.23. The van der Waals surface area contributed by atoms with E-state index in [2.05, 4.69) is 0 Å². The van der Waals surface area contributed by atoms with Crippen LogP contribution in [-0.2, 0) is 45.4 Å². The van der Waals surface area contributed by atoms with Gasteiger partial charge in [-0.25, -0.2) is 56.9 Å². The number of hydrogen-bond donors (Lipinski definition) is 6. The van der Waals surface area contributed by atoms with Crippen LogP contribution in [0.1, 0.15) is 20.8 Å². The van der Waals surface area contributed by atoms with E-state index < -0.39 is 83.2 Å². The lowest BCUT2D eigenvalue weighted by molar-refractivity contribution is -0.162. The number of hydrogen-bond acceptors (Lipinski definition) is 9. The van der Waals surface area contributed by atoms with Gasteiger partial charge in [-0.2, -0.15) is 0 Å². The van der Waals surface area contributed by atoms with Crippen molar-refractivity contribution in [2.45, 2.75) is 37.4 Å². The first-order valence-electron chi connectivity index (χ1n) is 8.19. The molecule has 1 heterocycles. The normalized spacial score (nSPS) is 12.1. The maximum atomic E-state index is 12.9. The molecule has 0 fully saturated rings. The molecule has 0 saturated carbocycles. The molecule has 18 heteroatoms. The maximum absolute atomic E-state index is 12.9. The summed E-state index contributed by atoms with van der Waals surface area (Å²) in [6.45, 7) is 0.576. The zero-order valence-corrected chi connectivity index (χ0v) is 16.7. The second kappa shape index (κ2) is 7.73. The van der Waals surface area contributed by atoms with Gasteiger partial charge < -0.3 is 30.6 Å². The Morgan fingerprint density at radius 2 is 0.576 bits per heavy atom. The van der Waals surface area contributed by atoms with Crippen LogP contribution in [0.4, 0.5) is 0 Å². The minimum atomic E-state index is -3.69. The van der Waals surface area contributed by atoms with Crippen molar-refractivity contribution in [1.82, 2.24) is 13.7 Å². The smallest absolute Gasteiger partial charge is 0.341 e. The molecule has 0 aliphatic carbocycles. The van der Waals surface area contributed by atoms with E-state index in [1.807, 2.05) is 0 Å². The van der Waals surface area contributed by atoms with Crippen molar-refractivity contribution < 1.29 is 59.4 Å². The van der Waals surface area contributed by atoms with Crippen LogP contribution in [0.2, 0.25) is 0 Å². The van der Waals surface area contributed by atoms with Gasteiger partial charge in [-0.1, -0.05) is 0 Å². The number of aliphatic carboxylic acids is 6. The molecule has 0 aliphatic heterocycles. The Morgan fingerprint density at radius 3 is 0.667 bits per heavy atom. The number of nitrogens with zero attached hydrogens (tertiary/aromatic N) is 3. The molecule has 0 aromatic carbocycles. The van der Waals surface area contributed by atoms with Gasteiger partial charge in [0.2, 0.25) is 16.6 Å². The molecule has 0 radical (unpaired) electrons. The molecule has 6 N–H and O–H groups in total. The fraction of sp³-hybridized carbons (Fsp3) is 0.400. The summed E-state index contributed by atoms with van der Waals surface area (Å²) in [6, 6.07) is 0. The summed E-state index contributed by atoms with van der Waals surface area (Å²) in [6.07, 6.45) is 0. The summed E-state index contributed by atoms with van der Waals surface area (Å²) in [5.74, 6) is -14.9. The number of carboxylic acids is 6. The predicted molar refractivity (Wildman–Crippen MR) is 96.0 cm³/mol. The quantitative estimate of drug-likeness (QED) is 0.184. The summed E-state index contributed by atoms with van der Waals surface area (Å²) >= 11 is 0. The molecule has 1 rings (SSSR count). The minimum Gasteiger partial charge on any atom is -0.479 e. The molecule has 0 spiro atoms. The van der Waals surface area contributed by atoms with Crippen molar-refractivity contribution in [3.05, 3.63) is 31.5 Å². The van der Waals surface area contributed by atoms with Crippen LogP contribution < -0.4 is 17.1 Å². The lowest BCUT2D eigenvalue weighted by Crippen LogP contribution is -2.72. The molecule has 0 bridgehead atoms. The second-order valence-electron chi connectivity index (χ2n) is 6.90. The summed E-state index contributed by atoms with van der Waals surface area (Å²) in [7, 11) is 0. The van der Waals surface area contributed by atoms with Gasteiger partial charge >= 0.3 is 52.9 Å². The zero-order chi connectivity index (χ0) is 26.4. The van der Waals surface area contributed by atoms with E-state index in [9.17, 15) is 73.8 Å². The van der Waals surface area contributed by atoms with Crippen molar-refractivity contribution in [2.75, 3.05) is 0 Å². The second-order valence-corrected chi connectivity index (χ2v) is 6.90. The summed E-state index contributed by atoms with van der Waals surface area (Å²) in [5, 5.41) is 56.1. The SMILES string of the molecule is CC(C(=O)O)(C(=O)O)n1c(=O)n(C(C)(C(=O)O)C(=O)O)c(=O)n(C(C)(C(=O)O)C(=O)O)c1=O. The third-order valence-electron chi connectivity index (χ3n) is 4.99. The topological polar surface area (TPSA) is 290 Å². The van der Waals surface area contributed by atoms with Gasteiger partial charge in [-0.15, -0.1) is 0 Å². The Balaban J connectivity index is 4.83. The minimum absolute atomic E-state index is 0.192. The highest BCUT2D eigenvalue weighted by Crippen LogP contribution is 2.18. The molecular formula is C15H15N3O15. The molecule has 0 unspecified atom stereocenters. The highest BCUT2D eigenvalue weighted by atomic mass is 16.4. The van der Waals surface area contributed by atoms with Crippen LogP contribution in [0.25, 0.3) is 0 Å². The van der Waals surface area contributed by atoms with Gasteiger partial charge in [-0.05, 0) is 20.8 Å². The Labute approximate surface area is 178 Å². The summed E-state index contributed by atoms with van der Waals surface area (Å²) < 4.78 is -2.52. The highest BCUT2D eigenvalue weighted by molar-refractivity contribution is 6.02. The molecule has 0 saturated heterocycles. The van der Waals surface area contributed by atoms with Gasteiger partial charge in [0.25, 0.3) is 0 Å². The molecule has 1 aromatic rings. The van der Waals surface area contributed by atoms with E-state index in [1.165, 1.54) is 0 Å². The molecule has 180 valence electrons. The Morgan fingerprint density at radius 1 is 0.455 bits per heavy atom. The molecule has 0 atom stereocenters. The van der Waals surface area contributed by atoms with Gasteiger partial charge in [-0.3, -0.25) is 0 Å². The Bertz CT molecular complexity index is 1060. The zero-order valence-electron chi connectivity index (χ0n) is 16.7.